The summed E-state index contributed by atoms with van der Waals surface area (Å²) in [6, 6.07) is 13.2. The van der Waals surface area contributed by atoms with E-state index in [-0.39, 0.29) is 5.04 Å². The van der Waals surface area contributed by atoms with Crippen LogP contribution < -0.4 is 4.43 Å². The molecule has 2 nitrogen and oxygen atoms in total. The lowest BCUT2D eigenvalue weighted by Gasteiger charge is -2.57. The van der Waals surface area contributed by atoms with Gasteiger partial charge in [-0.3, -0.25) is 4.98 Å². The third kappa shape index (κ3) is 3.43. The van der Waals surface area contributed by atoms with E-state index in [1.165, 1.54) is 55.4 Å². The molecular weight excluding hydrogens is 382 g/mol. The van der Waals surface area contributed by atoms with E-state index >= 15 is 0 Å². The zero-order valence-electron chi connectivity index (χ0n) is 19.4. The molecule has 0 unspecified atom stereocenters. The Kier molecular flexibility index (Phi) is 4.70. The number of nitrogens with zero attached hydrogens (tertiary/aromatic N) is 1. The highest BCUT2D eigenvalue weighted by Gasteiger charge is 2.53. The van der Waals surface area contributed by atoms with Gasteiger partial charge in [0.25, 0.3) is 0 Å². The minimum Gasteiger partial charge on any atom is -0.543 e. The Bertz CT molecular complexity index is 892. The summed E-state index contributed by atoms with van der Waals surface area (Å²) >= 11 is 0. The van der Waals surface area contributed by atoms with E-state index in [4.69, 9.17) is 4.43 Å². The van der Waals surface area contributed by atoms with Gasteiger partial charge in [-0.05, 0) is 116 Å². The lowest BCUT2D eigenvalue weighted by Crippen LogP contribution is -2.49. The first kappa shape index (κ1) is 20.3. The third-order valence-corrected chi connectivity index (χ3v) is 13.1. The van der Waals surface area contributed by atoms with Crippen molar-refractivity contribution in [1.82, 2.24) is 4.98 Å². The second-order valence-corrected chi connectivity index (χ2v) is 16.7. The zero-order valence-corrected chi connectivity index (χ0v) is 20.4. The quantitative estimate of drug-likeness (QED) is 0.476. The van der Waals surface area contributed by atoms with Crippen LogP contribution in [0.25, 0.3) is 11.3 Å². The second-order valence-electron chi connectivity index (χ2n) is 12.0. The Morgan fingerprint density at radius 2 is 1.57 bits per heavy atom. The topological polar surface area (TPSA) is 22.1 Å². The fraction of sp³-hybridized carbons (Fsp3) is 0.593. The highest BCUT2D eigenvalue weighted by Crippen LogP contribution is 2.62. The van der Waals surface area contributed by atoms with E-state index < -0.39 is 8.32 Å². The highest BCUT2D eigenvalue weighted by molar-refractivity contribution is 6.74. The number of hydrogen-bond acceptors (Lipinski definition) is 2. The van der Waals surface area contributed by atoms with Gasteiger partial charge in [0, 0.05) is 11.8 Å². The van der Waals surface area contributed by atoms with Crippen molar-refractivity contribution >= 4 is 8.32 Å². The van der Waals surface area contributed by atoms with Gasteiger partial charge in [0.05, 0.1) is 5.69 Å². The molecule has 0 aliphatic heterocycles. The lowest BCUT2D eigenvalue weighted by atomic mass is 9.48. The van der Waals surface area contributed by atoms with Gasteiger partial charge in [-0.1, -0.05) is 26.8 Å². The van der Waals surface area contributed by atoms with Crippen molar-refractivity contribution in [2.75, 3.05) is 0 Å². The van der Waals surface area contributed by atoms with Crippen LogP contribution in [0.4, 0.5) is 0 Å². The molecule has 4 fully saturated rings. The minimum absolute atomic E-state index is 0.200. The van der Waals surface area contributed by atoms with Gasteiger partial charge in [-0.2, -0.15) is 0 Å². The summed E-state index contributed by atoms with van der Waals surface area (Å²) in [4.78, 5) is 4.65. The molecule has 0 amide bonds. The SMILES string of the molecule is CC(C)(C)[Si](C)(C)Oc1ccc(-c2ccccn2)cc1C12CC3CC(CC(C3)C1)C2. The van der Waals surface area contributed by atoms with Crippen LogP contribution >= 0.6 is 0 Å². The first-order valence-electron chi connectivity index (χ1n) is 11.9. The van der Waals surface area contributed by atoms with Crippen molar-refractivity contribution in [2.24, 2.45) is 17.8 Å². The van der Waals surface area contributed by atoms with Gasteiger partial charge < -0.3 is 4.43 Å². The maximum absolute atomic E-state index is 7.00. The monoisotopic (exact) mass is 419 g/mol. The van der Waals surface area contributed by atoms with Crippen molar-refractivity contribution in [1.29, 1.82) is 0 Å². The van der Waals surface area contributed by atoms with Crippen LogP contribution in [-0.4, -0.2) is 13.3 Å². The molecule has 0 N–H and O–H groups in total. The van der Waals surface area contributed by atoms with Gasteiger partial charge in [0.15, 0.2) is 0 Å². The molecule has 0 atom stereocenters. The maximum Gasteiger partial charge on any atom is 0.250 e. The fourth-order valence-electron chi connectivity index (χ4n) is 6.59. The smallest absolute Gasteiger partial charge is 0.250 e. The Labute approximate surface area is 183 Å². The summed E-state index contributed by atoms with van der Waals surface area (Å²) in [6.45, 7) is 11.8. The molecule has 4 aliphatic rings. The Balaban J connectivity index is 1.61. The van der Waals surface area contributed by atoms with Crippen molar-refractivity contribution in [3.05, 3.63) is 48.2 Å². The molecule has 0 radical (unpaired) electrons. The Morgan fingerprint density at radius 3 is 2.10 bits per heavy atom. The molecule has 2 aromatic rings. The van der Waals surface area contributed by atoms with Crippen LogP contribution in [0.15, 0.2) is 42.6 Å². The van der Waals surface area contributed by atoms with Gasteiger partial charge in [-0.15, -0.1) is 0 Å². The molecule has 1 aromatic heterocycles. The van der Waals surface area contributed by atoms with E-state index in [0.717, 1.165) is 23.4 Å². The van der Waals surface area contributed by atoms with Crippen LogP contribution in [-0.2, 0) is 5.41 Å². The fourth-order valence-corrected chi connectivity index (χ4v) is 7.63. The minimum atomic E-state index is -1.90. The molecule has 3 heteroatoms. The van der Waals surface area contributed by atoms with Crippen molar-refractivity contribution in [2.45, 2.75) is 82.8 Å². The summed E-state index contributed by atoms with van der Waals surface area (Å²) in [7, 11) is -1.90. The summed E-state index contributed by atoms with van der Waals surface area (Å²) in [5.74, 6) is 3.95. The Morgan fingerprint density at radius 1 is 0.933 bits per heavy atom. The molecule has 1 heterocycles. The second kappa shape index (κ2) is 6.95. The first-order valence-corrected chi connectivity index (χ1v) is 14.8. The van der Waals surface area contributed by atoms with E-state index in [0.29, 0.717) is 5.41 Å². The number of hydrogen-bond donors (Lipinski definition) is 0. The first-order chi connectivity index (χ1) is 14.2. The molecule has 30 heavy (non-hydrogen) atoms. The van der Waals surface area contributed by atoms with Crippen LogP contribution in [0.3, 0.4) is 0 Å². The number of aromatic nitrogens is 1. The van der Waals surface area contributed by atoms with E-state index in [1.807, 2.05) is 12.3 Å². The van der Waals surface area contributed by atoms with E-state index in [2.05, 4.69) is 69.2 Å². The number of rotatable bonds is 4. The highest BCUT2D eigenvalue weighted by atomic mass is 28.4. The van der Waals surface area contributed by atoms with Gasteiger partial charge in [0.2, 0.25) is 8.32 Å². The molecule has 160 valence electrons. The predicted molar refractivity (Wildman–Crippen MR) is 127 cm³/mol. The van der Waals surface area contributed by atoms with E-state index in [1.54, 1.807) is 0 Å². The number of pyridine rings is 1. The van der Waals surface area contributed by atoms with Gasteiger partial charge in [-0.25, -0.2) is 0 Å². The summed E-state index contributed by atoms with van der Waals surface area (Å²) in [5.41, 5.74) is 4.12. The van der Waals surface area contributed by atoms with Gasteiger partial charge >= 0.3 is 0 Å². The summed E-state index contributed by atoms with van der Waals surface area (Å²) in [6.07, 6.45) is 10.4. The van der Waals surface area contributed by atoms with Crippen LogP contribution in [0.2, 0.25) is 18.1 Å². The standard InChI is InChI=1S/C27H37NOSi/c1-26(2,3)30(4,5)29-25-10-9-22(24-8-6-7-11-28-24)15-23(25)27-16-19-12-20(17-27)14-21(13-19)18-27/h6-11,15,19-21H,12-14,16-18H2,1-5H3. The largest absolute Gasteiger partial charge is 0.543 e. The number of benzene rings is 1. The molecule has 1 aromatic carbocycles. The average molecular weight is 420 g/mol. The van der Waals surface area contributed by atoms with Crippen molar-refractivity contribution in [3.63, 3.8) is 0 Å². The molecule has 4 aliphatic carbocycles. The zero-order chi connectivity index (χ0) is 21.1. The van der Waals surface area contributed by atoms with Crippen LogP contribution in [0.5, 0.6) is 5.75 Å². The summed E-state index contributed by atoms with van der Waals surface area (Å²) < 4.78 is 7.00. The molecule has 6 rings (SSSR count). The van der Waals surface area contributed by atoms with Gasteiger partial charge in [0.1, 0.15) is 5.75 Å². The van der Waals surface area contributed by atoms with E-state index in [9.17, 15) is 0 Å². The molecule has 4 saturated carbocycles. The summed E-state index contributed by atoms with van der Waals surface area (Å²) in [5, 5.41) is 0.200. The molecule has 0 saturated heterocycles. The molecule has 4 bridgehead atoms. The normalized spacial score (nSPS) is 30.5. The molecular formula is C27H37NOSi. The van der Waals surface area contributed by atoms with Crippen molar-refractivity contribution < 1.29 is 4.43 Å². The third-order valence-electron chi connectivity index (χ3n) is 8.72. The molecule has 0 spiro atoms. The predicted octanol–water partition coefficient (Wildman–Crippen LogP) is 7.60. The average Bonchev–Trinajstić information content (AvgIpc) is 2.67. The van der Waals surface area contributed by atoms with Crippen LogP contribution in [0.1, 0.15) is 64.9 Å². The maximum atomic E-state index is 7.00. The Hall–Kier alpha value is -1.61. The lowest BCUT2D eigenvalue weighted by molar-refractivity contribution is -0.00584. The van der Waals surface area contributed by atoms with Crippen molar-refractivity contribution in [3.8, 4) is 17.0 Å². The van der Waals surface area contributed by atoms with Crippen LogP contribution in [0, 0.1) is 17.8 Å².